The number of carbonyl (C=O) groups excluding carboxylic acids is 1. The van der Waals surface area contributed by atoms with Crippen LogP contribution in [-0.2, 0) is 0 Å². The standard InChI is InChI=1S/C16H22N6O/c23-16(14-13-15(19-9-17-13)20-10-18-14)21-11-5-7-22(8-6-11)12-3-1-2-4-12/h9-12H,1-8H2,(H,21,23)(H,17,18,19,20). The molecular weight excluding hydrogens is 292 g/mol. The fraction of sp³-hybridized carbons (Fsp3) is 0.625. The molecular formula is C16H22N6O. The van der Waals surface area contributed by atoms with Crippen LogP contribution in [-0.4, -0.2) is 55.9 Å². The number of aromatic nitrogens is 4. The number of carbonyl (C=O) groups is 1. The maximum atomic E-state index is 12.5. The summed E-state index contributed by atoms with van der Waals surface area (Å²) in [6.45, 7) is 2.16. The maximum absolute atomic E-state index is 12.5. The number of likely N-dealkylation sites (tertiary alicyclic amines) is 1. The van der Waals surface area contributed by atoms with Crippen molar-refractivity contribution >= 4 is 17.1 Å². The Labute approximate surface area is 134 Å². The van der Waals surface area contributed by atoms with Crippen molar-refractivity contribution in [1.29, 1.82) is 0 Å². The van der Waals surface area contributed by atoms with Crippen molar-refractivity contribution in [2.75, 3.05) is 13.1 Å². The van der Waals surface area contributed by atoms with Crippen LogP contribution in [0, 0.1) is 0 Å². The fourth-order valence-electron chi connectivity index (χ4n) is 3.87. The lowest BCUT2D eigenvalue weighted by atomic mass is 10.0. The molecule has 0 atom stereocenters. The number of amides is 1. The average molecular weight is 314 g/mol. The fourth-order valence-corrected chi connectivity index (χ4v) is 3.87. The maximum Gasteiger partial charge on any atom is 0.272 e. The number of imidazole rings is 1. The monoisotopic (exact) mass is 314 g/mol. The SMILES string of the molecule is O=C(NC1CCN(C2CCCC2)CC1)c1ncnc2nc[nH]c12. The van der Waals surface area contributed by atoms with E-state index < -0.39 is 0 Å². The minimum absolute atomic E-state index is 0.138. The van der Waals surface area contributed by atoms with Gasteiger partial charge in [0.05, 0.1) is 6.33 Å². The molecule has 2 fully saturated rings. The third kappa shape index (κ3) is 2.93. The molecule has 0 radical (unpaired) electrons. The van der Waals surface area contributed by atoms with Gasteiger partial charge in [0.2, 0.25) is 0 Å². The Balaban J connectivity index is 1.37. The molecule has 1 saturated heterocycles. The van der Waals surface area contributed by atoms with Crippen molar-refractivity contribution in [1.82, 2.24) is 30.2 Å². The number of nitrogens with zero attached hydrogens (tertiary/aromatic N) is 4. The summed E-state index contributed by atoms with van der Waals surface area (Å²) < 4.78 is 0. The molecule has 2 N–H and O–H groups in total. The molecule has 2 aromatic rings. The van der Waals surface area contributed by atoms with Gasteiger partial charge >= 0.3 is 0 Å². The first-order valence-corrected chi connectivity index (χ1v) is 8.50. The topological polar surface area (TPSA) is 86.8 Å². The van der Waals surface area contributed by atoms with Crippen molar-refractivity contribution in [3.8, 4) is 0 Å². The van der Waals surface area contributed by atoms with E-state index in [1.165, 1.54) is 38.3 Å². The van der Waals surface area contributed by atoms with Gasteiger partial charge in [-0.1, -0.05) is 12.8 Å². The first kappa shape index (κ1) is 14.6. The summed E-state index contributed by atoms with van der Waals surface area (Å²) in [6, 6.07) is 1.01. The minimum Gasteiger partial charge on any atom is -0.348 e. The van der Waals surface area contributed by atoms with Gasteiger partial charge in [0, 0.05) is 25.2 Å². The predicted octanol–water partition coefficient (Wildman–Crippen LogP) is 1.49. The normalized spacial score (nSPS) is 21.0. The molecule has 1 aliphatic heterocycles. The molecule has 7 heteroatoms. The predicted molar refractivity (Wildman–Crippen MR) is 86.0 cm³/mol. The Morgan fingerprint density at radius 1 is 1.13 bits per heavy atom. The second-order valence-corrected chi connectivity index (χ2v) is 6.55. The summed E-state index contributed by atoms with van der Waals surface area (Å²) in [6.07, 6.45) is 10.4. The average Bonchev–Trinajstić information content (AvgIpc) is 3.26. The summed E-state index contributed by atoms with van der Waals surface area (Å²) in [5.74, 6) is -0.138. The molecule has 4 rings (SSSR count). The van der Waals surface area contributed by atoms with Crippen molar-refractivity contribution in [2.45, 2.75) is 50.6 Å². The number of rotatable bonds is 3. The van der Waals surface area contributed by atoms with E-state index >= 15 is 0 Å². The Kier molecular flexibility index (Phi) is 3.95. The third-order valence-electron chi connectivity index (χ3n) is 5.14. The smallest absolute Gasteiger partial charge is 0.272 e. The molecule has 0 spiro atoms. The number of aromatic amines is 1. The summed E-state index contributed by atoms with van der Waals surface area (Å²) >= 11 is 0. The van der Waals surface area contributed by atoms with Crippen LogP contribution < -0.4 is 5.32 Å². The number of nitrogens with one attached hydrogen (secondary N) is 2. The van der Waals surface area contributed by atoms with E-state index in [-0.39, 0.29) is 11.9 Å². The third-order valence-corrected chi connectivity index (χ3v) is 5.14. The Hall–Kier alpha value is -2.02. The number of hydrogen-bond donors (Lipinski definition) is 2. The number of fused-ring (bicyclic) bond motifs is 1. The van der Waals surface area contributed by atoms with Gasteiger partial charge in [-0.25, -0.2) is 15.0 Å². The van der Waals surface area contributed by atoms with Gasteiger partial charge in [0.15, 0.2) is 11.3 Å². The first-order chi connectivity index (χ1) is 11.3. The molecule has 1 amide bonds. The second-order valence-electron chi connectivity index (χ2n) is 6.55. The zero-order chi connectivity index (χ0) is 15.6. The molecule has 0 aromatic carbocycles. The van der Waals surface area contributed by atoms with E-state index in [1.807, 2.05) is 0 Å². The number of piperidine rings is 1. The largest absolute Gasteiger partial charge is 0.348 e. The molecule has 2 aliphatic rings. The summed E-state index contributed by atoms with van der Waals surface area (Å²) in [7, 11) is 0. The molecule has 1 saturated carbocycles. The van der Waals surface area contributed by atoms with E-state index in [1.54, 1.807) is 0 Å². The van der Waals surface area contributed by atoms with E-state index in [9.17, 15) is 4.79 Å². The van der Waals surface area contributed by atoms with Gasteiger partial charge in [0.1, 0.15) is 11.8 Å². The molecule has 23 heavy (non-hydrogen) atoms. The van der Waals surface area contributed by atoms with Crippen LogP contribution in [0.1, 0.15) is 49.0 Å². The van der Waals surface area contributed by atoms with Gasteiger partial charge in [-0.2, -0.15) is 0 Å². The van der Waals surface area contributed by atoms with Crippen LogP contribution in [0.5, 0.6) is 0 Å². The lowest BCUT2D eigenvalue weighted by Crippen LogP contribution is -2.47. The molecule has 1 aliphatic carbocycles. The second kappa shape index (κ2) is 6.23. The Morgan fingerprint density at radius 3 is 2.70 bits per heavy atom. The van der Waals surface area contributed by atoms with E-state index in [0.29, 0.717) is 16.9 Å². The number of hydrogen-bond acceptors (Lipinski definition) is 5. The van der Waals surface area contributed by atoms with Crippen molar-refractivity contribution in [3.05, 3.63) is 18.3 Å². The zero-order valence-electron chi connectivity index (χ0n) is 13.2. The van der Waals surface area contributed by atoms with Crippen LogP contribution in [0.3, 0.4) is 0 Å². The highest BCUT2D eigenvalue weighted by Gasteiger charge is 2.28. The van der Waals surface area contributed by atoms with Crippen LogP contribution in [0.4, 0.5) is 0 Å². The highest BCUT2D eigenvalue weighted by molar-refractivity contribution is 6.02. The van der Waals surface area contributed by atoms with E-state index in [2.05, 4.69) is 30.2 Å². The summed E-state index contributed by atoms with van der Waals surface area (Å²) in [5.41, 5.74) is 1.51. The van der Waals surface area contributed by atoms with Gasteiger partial charge in [0.25, 0.3) is 5.91 Å². The highest BCUT2D eigenvalue weighted by Crippen LogP contribution is 2.26. The van der Waals surface area contributed by atoms with Crippen LogP contribution >= 0.6 is 0 Å². The van der Waals surface area contributed by atoms with Gasteiger partial charge in [-0.3, -0.25) is 4.79 Å². The summed E-state index contributed by atoms with van der Waals surface area (Å²) in [5, 5.41) is 3.12. The van der Waals surface area contributed by atoms with Crippen molar-refractivity contribution < 1.29 is 4.79 Å². The molecule has 122 valence electrons. The molecule has 7 nitrogen and oxygen atoms in total. The molecule has 2 aromatic heterocycles. The van der Waals surface area contributed by atoms with Crippen LogP contribution in [0.15, 0.2) is 12.7 Å². The quantitative estimate of drug-likeness (QED) is 0.896. The van der Waals surface area contributed by atoms with Crippen LogP contribution in [0.2, 0.25) is 0 Å². The van der Waals surface area contributed by atoms with Crippen molar-refractivity contribution in [2.24, 2.45) is 0 Å². The van der Waals surface area contributed by atoms with Gasteiger partial charge in [-0.05, 0) is 25.7 Å². The van der Waals surface area contributed by atoms with E-state index in [4.69, 9.17) is 0 Å². The Bertz CT molecular complexity index is 685. The van der Waals surface area contributed by atoms with Crippen LogP contribution in [0.25, 0.3) is 11.2 Å². The first-order valence-electron chi connectivity index (χ1n) is 8.50. The molecule has 0 bridgehead atoms. The minimum atomic E-state index is -0.138. The lowest BCUT2D eigenvalue weighted by molar-refractivity contribution is 0.0889. The highest BCUT2D eigenvalue weighted by atomic mass is 16.2. The van der Waals surface area contributed by atoms with Gasteiger partial charge < -0.3 is 15.2 Å². The zero-order valence-corrected chi connectivity index (χ0v) is 13.2. The molecule has 3 heterocycles. The summed E-state index contributed by atoms with van der Waals surface area (Å²) in [4.78, 5) is 30.3. The number of H-pyrrole nitrogens is 1. The Morgan fingerprint density at radius 2 is 1.91 bits per heavy atom. The lowest BCUT2D eigenvalue weighted by Gasteiger charge is -2.36. The molecule has 0 unspecified atom stereocenters. The van der Waals surface area contributed by atoms with E-state index in [0.717, 1.165) is 32.0 Å². The van der Waals surface area contributed by atoms with Gasteiger partial charge in [-0.15, -0.1) is 0 Å². The van der Waals surface area contributed by atoms with Crippen molar-refractivity contribution in [3.63, 3.8) is 0 Å².